The Hall–Kier alpha value is -2.54. The second-order valence-electron chi connectivity index (χ2n) is 5.97. The molecule has 1 heterocycles. The molecular formula is C19H18F2N2O2S. The Morgan fingerprint density at radius 1 is 1.23 bits per heavy atom. The zero-order valence-corrected chi connectivity index (χ0v) is 15.4. The molecule has 1 amide bonds. The quantitative estimate of drug-likeness (QED) is 0.671. The molecule has 1 aromatic heterocycles. The van der Waals surface area contributed by atoms with E-state index in [0.717, 1.165) is 17.4 Å². The van der Waals surface area contributed by atoms with Crippen molar-refractivity contribution in [1.82, 2.24) is 4.57 Å². The normalized spacial score (nSPS) is 12.2. The van der Waals surface area contributed by atoms with E-state index in [4.69, 9.17) is 4.74 Å². The molecule has 0 fully saturated rings. The second kappa shape index (κ2) is 7.37. The lowest BCUT2D eigenvalue weighted by Crippen LogP contribution is -2.16. The molecule has 0 aliphatic carbocycles. The summed E-state index contributed by atoms with van der Waals surface area (Å²) in [5, 5.41) is 0. The third-order valence-electron chi connectivity index (χ3n) is 3.68. The monoisotopic (exact) mass is 376 g/mol. The molecule has 2 aromatic carbocycles. The van der Waals surface area contributed by atoms with Crippen molar-refractivity contribution in [3.8, 4) is 5.75 Å². The van der Waals surface area contributed by atoms with E-state index in [2.05, 4.69) is 4.99 Å². The van der Waals surface area contributed by atoms with Crippen LogP contribution in [0.1, 0.15) is 31.1 Å². The van der Waals surface area contributed by atoms with Gasteiger partial charge in [-0.1, -0.05) is 11.3 Å². The minimum atomic E-state index is -0.665. The van der Waals surface area contributed by atoms with Gasteiger partial charge in [-0.05, 0) is 51.1 Å². The van der Waals surface area contributed by atoms with Crippen molar-refractivity contribution in [3.63, 3.8) is 0 Å². The van der Waals surface area contributed by atoms with Crippen molar-refractivity contribution >= 4 is 27.5 Å². The molecule has 3 aromatic rings. The van der Waals surface area contributed by atoms with Gasteiger partial charge in [0.15, 0.2) is 10.6 Å². The highest BCUT2D eigenvalue weighted by Gasteiger charge is 2.13. The molecule has 0 unspecified atom stereocenters. The highest BCUT2D eigenvalue weighted by molar-refractivity contribution is 7.16. The molecule has 0 atom stereocenters. The number of benzene rings is 2. The summed E-state index contributed by atoms with van der Waals surface area (Å²) in [5.41, 5.74) is 0.652. The largest absolute Gasteiger partial charge is 0.491 e. The third-order valence-corrected chi connectivity index (χ3v) is 4.71. The minimum Gasteiger partial charge on any atom is -0.491 e. The van der Waals surface area contributed by atoms with Crippen LogP contribution in [-0.4, -0.2) is 16.6 Å². The lowest BCUT2D eigenvalue weighted by molar-refractivity contribution is 0.0998. The first-order valence-electron chi connectivity index (χ1n) is 8.23. The molecule has 0 radical (unpaired) electrons. The average molecular weight is 376 g/mol. The maximum absolute atomic E-state index is 14.1. The van der Waals surface area contributed by atoms with E-state index in [1.807, 2.05) is 20.8 Å². The first-order valence-corrected chi connectivity index (χ1v) is 9.05. The number of hydrogen-bond donors (Lipinski definition) is 0. The smallest absolute Gasteiger partial charge is 0.279 e. The predicted molar refractivity (Wildman–Crippen MR) is 97.5 cm³/mol. The van der Waals surface area contributed by atoms with Crippen LogP contribution in [0.5, 0.6) is 5.75 Å². The van der Waals surface area contributed by atoms with Crippen molar-refractivity contribution in [2.75, 3.05) is 0 Å². The molecule has 136 valence electrons. The van der Waals surface area contributed by atoms with Crippen LogP contribution in [0.2, 0.25) is 0 Å². The Balaban J connectivity index is 2.01. The van der Waals surface area contributed by atoms with E-state index in [1.165, 1.54) is 6.07 Å². The zero-order valence-electron chi connectivity index (χ0n) is 14.6. The number of carbonyl (C=O) groups is 1. The van der Waals surface area contributed by atoms with Gasteiger partial charge in [-0.3, -0.25) is 4.79 Å². The number of carbonyl (C=O) groups excluding carboxylic acids is 1. The summed E-state index contributed by atoms with van der Waals surface area (Å²) in [5.74, 6) is -1.10. The van der Waals surface area contributed by atoms with Gasteiger partial charge in [0.2, 0.25) is 0 Å². The fourth-order valence-electron chi connectivity index (χ4n) is 2.61. The number of nitrogens with zero attached hydrogens (tertiary/aromatic N) is 2. The van der Waals surface area contributed by atoms with E-state index >= 15 is 0 Å². The molecule has 0 bridgehead atoms. The Kier molecular flexibility index (Phi) is 5.18. The lowest BCUT2D eigenvalue weighted by atomic mass is 10.2. The van der Waals surface area contributed by atoms with Gasteiger partial charge in [0.25, 0.3) is 5.91 Å². The van der Waals surface area contributed by atoms with Crippen molar-refractivity contribution in [2.24, 2.45) is 4.99 Å². The SMILES string of the molecule is CCn1c(=NC(=O)c2ccc(OC(C)C)cc2)sc2cc(F)cc(F)c21. The number of thiazole rings is 1. The van der Waals surface area contributed by atoms with Gasteiger partial charge in [-0.2, -0.15) is 4.99 Å². The third kappa shape index (κ3) is 3.67. The summed E-state index contributed by atoms with van der Waals surface area (Å²) in [6, 6.07) is 8.76. The number of rotatable bonds is 4. The summed E-state index contributed by atoms with van der Waals surface area (Å²) >= 11 is 1.08. The molecule has 0 aliphatic rings. The zero-order chi connectivity index (χ0) is 18.8. The number of aromatic nitrogens is 1. The molecular weight excluding hydrogens is 358 g/mol. The van der Waals surface area contributed by atoms with Crippen LogP contribution >= 0.6 is 11.3 Å². The van der Waals surface area contributed by atoms with Crippen molar-refractivity contribution < 1.29 is 18.3 Å². The maximum atomic E-state index is 14.1. The molecule has 7 heteroatoms. The lowest BCUT2D eigenvalue weighted by Gasteiger charge is -2.09. The minimum absolute atomic E-state index is 0.0404. The van der Waals surface area contributed by atoms with Crippen LogP contribution in [0.15, 0.2) is 41.4 Å². The molecule has 0 saturated heterocycles. The highest BCUT2D eigenvalue weighted by Crippen LogP contribution is 2.22. The van der Waals surface area contributed by atoms with Crippen LogP contribution in [0, 0.1) is 11.6 Å². The van der Waals surface area contributed by atoms with Crippen LogP contribution in [-0.2, 0) is 6.54 Å². The average Bonchev–Trinajstić information content (AvgIpc) is 2.92. The predicted octanol–water partition coefficient (Wildman–Crippen LogP) is 4.53. The van der Waals surface area contributed by atoms with Gasteiger partial charge < -0.3 is 9.30 Å². The summed E-state index contributed by atoms with van der Waals surface area (Å²) < 4.78 is 35.1. The first-order chi connectivity index (χ1) is 12.4. The Bertz CT molecular complexity index is 1020. The van der Waals surface area contributed by atoms with E-state index < -0.39 is 17.5 Å². The van der Waals surface area contributed by atoms with Gasteiger partial charge in [-0.25, -0.2) is 8.78 Å². The number of amides is 1. The Morgan fingerprint density at radius 2 is 1.92 bits per heavy atom. The molecule has 3 rings (SSSR count). The fraction of sp³-hybridized carbons (Fsp3) is 0.263. The van der Waals surface area contributed by atoms with Gasteiger partial charge in [0.05, 0.1) is 16.3 Å². The van der Waals surface area contributed by atoms with Gasteiger partial charge >= 0.3 is 0 Å². The summed E-state index contributed by atoms with van der Waals surface area (Å²) in [4.78, 5) is 16.9. The number of ether oxygens (including phenoxy) is 1. The fourth-order valence-corrected chi connectivity index (χ4v) is 3.74. The summed E-state index contributed by atoms with van der Waals surface area (Å²) in [6.45, 7) is 6.06. The van der Waals surface area contributed by atoms with Crippen LogP contribution < -0.4 is 9.54 Å². The Morgan fingerprint density at radius 3 is 2.54 bits per heavy atom. The number of fused-ring (bicyclic) bond motifs is 1. The van der Waals surface area contributed by atoms with E-state index in [1.54, 1.807) is 28.8 Å². The van der Waals surface area contributed by atoms with Crippen molar-refractivity contribution in [2.45, 2.75) is 33.4 Å². The van der Waals surface area contributed by atoms with E-state index in [0.29, 0.717) is 27.4 Å². The van der Waals surface area contributed by atoms with Crippen molar-refractivity contribution in [1.29, 1.82) is 0 Å². The molecule has 0 N–H and O–H groups in total. The molecule has 0 spiro atoms. The maximum Gasteiger partial charge on any atom is 0.279 e. The number of aryl methyl sites for hydroxylation is 1. The second-order valence-corrected chi connectivity index (χ2v) is 6.98. The molecule has 0 aliphatic heterocycles. The van der Waals surface area contributed by atoms with E-state index in [9.17, 15) is 13.6 Å². The molecule has 4 nitrogen and oxygen atoms in total. The summed E-state index contributed by atoms with van der Waals surface area (Å²) in [6.07, 6.45) is 0.0404. The van der Waals surface area contributed by atoms with Crippen LogP contribution in [0.4, 0.5) is 8.78 Å². The Labute approximate surface area is 153 Å². The highest BCUT2D eigenvalue weighted by atomic mass is 32.1. The van der Waals surface area contributed by atoms with Crippen LogP contribution in [0.25, 0.3) is 10.2 Å². The van der Waals surface area contributed by atoms with Gasteiger partial charge in [0, 0.05) is 18.2 Å². The van der Waals surface area contributed by atoms with E-state index in [-0.39, 0.29) is 11.6 Å². The molecule has 26 heavy (non-hydrogen) atoms. The van der Waals surface area contributed by atoms with Gasteiger partial charge in [0.1, 0.15) is 11.6 Å². The number of halogens is 2. The van der Waals surface area contributed by atoms with Crippen molar-refractivity contribution in [3.05, 3.63) is 58.4 Å². The van der Waals surface area contributed by atoms with Gasteiger partial charge in [-0.15, -0.1) is 0 Å². The first kappa shape index (κ1) is 18.3. The van der Waals surface area contributed by atoms with Crippen LogP contribution in [0.3, 0.4) is 0 Å². The topological polar surface area (TPSA) is 43.6 Å². The molecule has 0 saturated carbocycles. The standard InChI is InChI=1S/C19H18F2N2O2S/c1-4-23-17-15(21)9-13(20)10-16(17)26-19(23)22-18(24)12-5-7-14(8-6-12)25-11(2)3/h5-11H,4H2,1-3H3. The number of hydrogen-bond acceptors (Lipinski definition) is 3. The summed E-state index contributed by atoms with van der Waals surface area (Å²) in [7, 11) is 0.